The lowest BCUT2D eigenvalue weighted by atomic mass is 9.75. The van der Waals surface area contributed by atoms with Crippen LogP contribution in [0.3, 0.4) is 0 Å². The molecular formula is C34H27ClO. The van der Waals surface area contributed by atoms with Gasteiger partial charge in [0, 0.05) is 16.0 Å². The van der Waals surface area contributed by atoms with Crippen molar-refractivity contribution in [2.24, 2.45) is 0 Å². The summed E-state index contributed by atoms with van der Waals surface area (Å²) in [5.74, 6) is 0. The normalized spacial score (nSPS) is 15.1. The van der Waals surface area contributed by atoms with Gasteiger partial charge in [0.1, 0.15) is 5.60 Å². The quantitative estimate of drug-likeness (QED) is 0.252. The molecule has 1 aliphatic rings. The Morgan fingerprint density at radius 3 is 1.94 bits per heavy atom. The van der Waals surface area contributed by atoms with Crippen molar-refractivity contribution in [3.05, 3.63) is 154 Å². The van der Waals surface area contributed by atoms with Gasteiger partial charge in [0.15, 0.2) is 0 Å². The molecule has 0 spiro atoms. The third-order valence-electron chi connectivity index (χ3n) is 7.66. The second kappa shape index (κ2) is 8.48. The molecule has 0 saturated carbocycles. The summed E-state index contributed by atoms with van der Waals surface area (Å²) < 4.78 is 0. The van der Waals surface area contributed by atoms with E-state index in [0.717, 1.165) is 27.8 Å². The molecule has 5 aromatic carbocycles. The molecule has 0 heterocycles. The van der Waals surface area contributed by atoms with Crippen LogP contribution in [0, 0.1) is 0 Å². The molecule has 36 heavy (non-hydrogen) atoms. The Morgan fingerprint density at radius 2 is 1.19 bits per heavy atom. The van der Waals surface area contributed by atoms with Crippen molar-refractivity contribution in [1.29, 1.82) is 0 Å². The lowest BCUT2D eigenvalue weighted by Gasteiger charge is -2.33. The smallest absolute Gasteiger partial charge is 0.141 e. The highest BCUT2D eigenvalue weighted by molar-refractivity contribution is 6.30. The van der Waals surface area contributed by atoms with Crippen LogP contribution in [-0.4, -0.2) is 5.11 Å². The van der Waals surface area contributed by atoms with E-state index in [1.54, 1.807) is 0 Å². The number of fused-ring (bicyclic) bond motifs is 3. The molecule has 6 rings (SSSR count). The SMILES string of the molecule is CC1(C)c2ccccc2-c2ccc(C(O)(c3ccccc3)c3ccccc3-c3ccc(Cl)cc3)cc21. The maximum atomic E-state index is 12.8. The van der Waals surface area contributed by atoms with Crippen LogP contribution in [0.4, 0.5) is 0 Å². The van der Waals surface area contributed by atoms with E-state index in [1.807, 2.05) is 72.8 Å². The summed E-state index contributed by atoms with van der Waals surface area (Å²) in [6.07, 6.45) is 0. The van der Waals surface area contributed by atoms with Gasteiger partial charge in [0.05, 0.1) is 0 Å². The Labute approximate surface area is 217 Å². The monoisotopic (exact) mass is 486 g/mol. The van der Waals surface area contributed by atoms with Crippen molar-refractivity contribution in [2.45, 2.75) is 24.9 Å². The number of aliphatic hydroxyl groups is 1. The zero-order valence-corrected chi connectivity index (χ0v) is 21.1. The Morgan fingerprint density at radius 1 is 0.583 bits per heavy atom. The molecule has 1 unspecified atom stereocenters. The van der Waals surface area contributed by atoms with Crippen LogP contribution in [0.25, 0.3) is 22.3 Å². The third kappa shape index (κ3) is 3.43. The molecule has 176 valence electrons. The maximum Gasteiger partial charge on any atom is 0.141 e. The summed E-state index contributed by atoms with van der Waals surface area (Å²) in [6, 6.07) is 41.0. The fourth-order valence-corrected chi connectivity index (χ4v) is 5.89. The number of benzene rings is 5. The van der Waals surface area contributed by atoms with E-state index in [1.165, 1.54) is 22.3 Å². The van der Waals surface area contributed by atoms with Gasteiger partial charge in [-0.15, -0.1) is 0 Å². The van der Waals surface area contributed by atoms with E-state index in [2.05, 4.69) is 62.4 Å². The van der Waals surface area contributed by atoms with Gasteiger partial charge in [-0.1, -0.05) is 135 Å². The standard InChI is InChI=1S/C34H27ClO/c1-33(2)30-14-8-7-13-28(30)29-21-18-25(22-32(29)33)34(36,24-10-4-3-5-11-24)31-15-9-6-12-27(31)23-16-19-26(35)20-17-23/h3-22,36H,1-2H3. The first kappa shape index (κ1) is 22.8. The van der Waals surface area contributed by atoms with Crippen LogP contribution in [0.1, 0.15) is 41.7 Å². The number of hydrogen-bond donors (Lipinski definition) is 1. The van der Waals surface area contributed by atoms with Gasteiger partial charge in [-0.05, 0) is 56.6 Å². The van der Waals surface area contributed by atoms with Gasteiger partial charge in [0.25, 0.3) is 0 Å². The molecule has 0 amide bonds. The first-order valence-corrected chi connectivity index (χ1v) is 12.7. The van der Waals surface area contributed by atoms with Gasteiger partial charge in [-0.2, -0.15) is 0 Å². The van der Waals surface area contributed by atoms with E-state index >= 15 is 0 Å². The number of rotatable bonds is 4. The minimum atomic E-state index is -1.35. The van der Waals surface area contributed by atoms with Crippen LogP contribution in [0.2, 0.25) is 5.02 Å². The topological polar surface area (TPSA) is 20.2 Å². The summed E-state index contributed by atoms with van der Waals surface area (Å²) >= 11 is 6.19. The average Bonchev–Trinajstić information content (AvgIpc) is 3.15. The average molecular weight is 487 g/mol. The zero-order valence-electron chi connectivity index (χ0n) is 20.4. The highest BCUT2D eigenvalue weighted by Crippen LogP contribution is 2.51. The molecule has 1 nitrogen and oxygen atoms in total. The molecule has 0 saturated heterocycles. The molecule has 0 aliphatic heterocycles. The van der Waals surface area contributed by atoms with Crippen LogP contribution in [0.5, 0.6) is 0 Å². The first-order chi connectivity index (χ1) is 17.4. The highest BCUT2D eigenvalue weighted by atomic mass is 35.5. The fraction of sp³-hybridized carbons (Fsp3) is 0.118. The van der Waals surface area contributed by atoms with Crippen LogP contribution < -0.4 is 0 Å². The Bertz CT molecular complexity index is 1570. The fourth-order valence-electron chi connectivity index (χ4n) is 5.77. The minimum Gasteiger partial charge on any atom is -0.376 e. The van der Waals surface area contributed by atoms with Crippen LogP contribution in [0.15, 0.2) is 121 Å². The second-order valence-electron chi connectivity index (χ2n) is 10.1. The maximum absolute atomic E-state index is 12.8. The molecular weight excluding hydrogens is 460 g/mol. The number of halogens is 1. The van der Waals surface area contributed by atoms with Gasteiger partial charge in [-0.3, -0.25) is 0 Å². The number of hydrogen-bond acceptors (Lipinski definition) is 1. The molecule has 0 bridgehead atoms. The molecule has 0 aromatic heterocycles. The summed E-state index contributed by atoms with van der Waals surface area (Å²) in [7, 11) is 0. The Hall–Kier alpha value is -3.65. The van der Waals surface area contributed by atoms with E-state index in [0.29, 0.717) is 5.02 Å². The summed E-state index contributed by atoms with van der Waals surface area (Å²) in [5, 5.41) is 13.5. The predicted octanol–water partition coefficient (Wildman–Crippen LogP) is 8.60. The highest BCUT2D eigenvalue weighted by Gasteiger charge is 2.40. The molecule has 0 fully saturated rings. The Kier molecular flexibility index (Phi) is 5.37. The van der Waals surface area contributed by atoms with Gasteiger partial charge >= 0.3 is 0 Å². The van der Waals surface area contributed by atoms with Crippen molar-refractivity contribution in [2.75, 3.05) is 0 Å². The largest absolute Gasteiger partial charge is 0.376 e. The van der Waals surface area contributed by atoms with Gasteiger partial charge in [-0.25, -0.2) is 0 Å². The second-order valence-corrected chi connectivity index (χ2v) is 10.5. The molecule has 5 aromatic rings. The molecule has 1 N–H and O–H groups in total. The van der Waals surface area contributed by atoms with Gasteiger partial charge in [0.2, 0.25) is 0 Å². The minimum absolute atomic E-state index is 0.158. The Balaban J connectivity index is 1.61. The summed E-state index contributed by atoms with van der Waals surface area (Å²) in [5.41, 5.74) is 8.08. The van der Waals surface area contributed by atoms with Crippen LogP contribution in [-0.2, 0) is 11.0 Å². The van der Waals surface area contributed by atoms with Crippen molar-refractivity contribution < 1.29 is 5.11 Å². The lowest BCUT2D eigenvalue weighted by molar-refractivity contribution is 0.126. The van der Waals surface area contributed by atoms with Crippen LogP contribution >= 0.6 is 11.6 Å². The van der Waals surface area contributed by atoms with Gasteiger partial charge < -0.3 is 5.11 Å². The van der Waals surface area contributed by atoms with E-state index in [4.69, 9.17) is 11.6 Å². The molecule has 2 heteroatoms. The van der Waals surface area contributed by atoms with Crippen molar-refractivity contribution in [3.8, 4) is 22.3 Å². The lowest BCUT2D eigenvalue weighted by Crippen LogP contribution is -2.30. The van der Waals surface area contributed by atoms with Crippen molar-refractivity contribution >= 4 is 11.6 Å². The summed E-state index contributed by atoms with van der Waals surface area (Å²) in [6.45, 7) is 4.54. The zero-order chi connectivity index (χ0) is 24.9. The third-order valence-corrected chi connectivity index (χ3v) is 7.92. The van der Waals surface area contributed by atoms with E-state index in [9.17, 15) is 5.11 Å². The summed E-state index contributed by atoms with van der Waals surface area (Å²) in [4.78, 5) is 0. The van der Waals surface area contributed by atoms with E-state index in [-0.39, 0.29) is 5.41 Å². The molecule has 1 atom stereocenters. The molecule has 0 radical (unpaired) electrons. The van der Waals surface area contributed by atoms with E-state index < -0.39 is 5.60 Å². The van der Waals surface area contributed by atoms with Crippen molar-refractivity contribution in [3.63, 3.8) is 0 Å². The predicted molar refractivity (Wildman–Crippen MR) is 149 cm³/mol. The first-order valence-electron chi connectivity index (χ1n) is 12.3. The molecule has 1 aliphatic carbocycles. The van der Waals surface area contributed by atoms with Crippen molar-refractivity contribution in [1.82, 2.24) is 0 Å².